The number of H-pyrrole nitrogens is 1. The van der Waals surface area contributed by atoms with Gasteiger partial charge in [0.15, 0.2) is 11.5 Å². The van der Waals surface area contributed by atoms with Gasteiger partial charge in [-0.2, -0.15) is 0 Å². The van der Waals surface area contributed by atoms with Gasteiger partial charge in [-0.05, 0) is 36.4 Å². The van der Waals surface area contributed by atoms with Crippen LogP contribution >= 0.6 is 23.4 Å². The maximum atomic E-state index is 11.9. The normalized spacial score (nSPS) is 11.0. The number of hydrogen-bond donors (Lipinski definition) is 1. The van der Waals surface area contributed by atoms with Crippen molar-refractivity contribution in [3.63, 3.8) is 0 Å². The molecule has 4 rings (SSSR count). The van der Waals surface area contributed by atoms with E-state index in [2.05, 4.69) is 20.2 Å². The number of halogens is 1. The number of esters is 1. The highest BCUT2D eigenvalue weighted by atomic mass is 35.5. The van der Waals surface area contributed by atoms with E-state index in [9.17, 15) is 4.79 Å². The van der Waals surface area contributed by atoms with Crippen LogP contribution in [0.2, 0.25) is 5.02 Å². The summed E-state index contributed by atoms with van der Waals surface area (Å²) in [4.78, 5) is 20.9. The van der Waals surface area contributed by atoms with Crippen LogP contribution in [-0.4, -0.2) is 37.6 Å². The smallest absolute Gasteiger partial charge is 0.341 e. The van der Waals surface area contributed by atoms with E-state index >= 15 is 0 Å². The van der Waals surface area contributed by atoms with Gasteiger partial charge in [0.1, 0.15) is 5.56 Å². The first kappa shape index (κ1) is 17.6. The predicted molar refractivity (Wildman–Crippen MR) is 103 cm³/mol. The molecule has 0 aliphatic carbocycles. The molecule has 27 heavy (non-hydrogen) atoms. The molecule has 136 valence electrons. The first-order valence-corrected chi connectivity index (χ1v) is 9.36. The summed E-state index contributed by atoms with van der Waals surface area (Å²) in [6.45, 7) is 0. The quantitative estimate of drug-likeness (QED) is 0.405. The molecule has 0 aliphatic heterocycles. The zero-order chi connectivity index (χ0) is 18.8. The second-order valence-electron chi connectivity index (χ2n) is 5.64. The number of fused-ring (bicyclic) bond motifs is 1. The number of rotatable bonds is 5. The summed E-state index contributed by atoms with van der Waals surface area (Å²) in [5.41, 5.74) is 2.72. The van der Waals surface area contributed by atoms with Crippen LogP contribution in [-0.2, 0) is 10.5 Å². The zero-order valence-electron chi connectivity index (χ0n) is 14.2. The number of nitrogens with one attached hydrogen (secondary N) is 1. The second kappa shape index (κ2) is 7.42. The number of ether oxygens (including phenoxy) is 1. The van der Waals surface area contributed by atoms with E-state index in [1.54, 1.807) is 16.5 Å². The number of aromatic amines is 1. The minimum Gasteiger partial charge on any atom is -0.465 e. The average molecular weight is 400 g/mol. The number of imidazole rings is 1. The molecule has 0 saturated carbocycles. The molecule has 0 amide bonds. The fourth-order valence-electron chi connectivity index (χ4n) is 2.59. The lowest BCUT2D eigenvalue weighted by Crippen LogP contribution is -2.03. The van der Waals surface area contributed by atoms with E-state index in [4.69, 9.17) is 16.3 Å². The molecular formula is C18H14ClN5O2S. The lowest BCUT2D eigenvalue weighted by atomic mass is 10.2. The Morgan fingerprint density at radius 2 is 2.07 bits per heavy atom. The van der Waals surface area contributed by atoms with Crippen LogP contribution in [0, 0.1) is 0 Å². The Labute approximate surface area is 163 Å². The highest BCUT2D eigenvalue weighted by molar-refractivity contribution is 7.98. The van der Waals surface area contributed by atoms with E-state index < -0.39 is 5.97 Å². The summed E-state index contributed by atoms with van der Waals surface area (Å²) in [6.07, 6.45) is 3.72. The average Bonchev–Trinajstić information content (AvgIpc) is 3.32. The number of carbonyl (C=O) groups is 1. The lowest BCUT2D eigenvalue weighted by molar-refractivity contribution is 0.0602. The fourth-order valence-corrected chi connectivity index (χ4v) is 3.40. The molecule has 3 heterocycles. The van der Waals surface area contributed by atoms with Gasteiger partial charge in [-0.15, -0.1) is 5.10 Å². The van der Waals surface area contributed by atoms with Crippen molar-refractivity contribution in [3.05, 3.63) is 65.1 Å². The van der Waals surface area contributed by atoms with E-state index in [0.717, 1.165) is 11.3 Å². The predicted octanol–water partition coefficient (Wildman–Crippen LogP) is 3.85. The molecule has 9 heteroatoms. The first-order valence-electron chi connectivity index (χ1n) is 8.00. The molecule has 3 aromatic heterocycles. The van der Waals surface area contributed by atoms with E-state index in [1.165, 1.54) is 18.9 Å². The minimum atomic E-state index is -0.410. The van der Waals surface area contributed by atoms with Gasteiger partial charge < -0.3 is 9.14 Å². The van der Waals surface area contributed by atoms with Gasteiger partial charge in [0.25, 0.3) is 0 Å². The van der Waals surface area contributed by atoms with Crippen molar-refractivity contribution in [2.45, 2.75) is 10.9 Å². The first-order chi connectivity index (χ1) is 13.1. The van der Waals surface area contributed by atoms with Crippen LogP contribution in [0.1, 0.15) is 16.1 Å². The maximum Gasteiger partial charge on any atom is 0.341 e. The fraction of sp³-hybridized carbons (Fsp3) is 0.111. The van der Waals surface area contributed by atoms with Crippen LogP contribution in [0.3, 0.4) is 0 Å². The highest BCUT2D eigenvalue weighted by Crippen LogP contribution is 2.24. The maximum absolute atomic E-state index is 11.9. The van der Waals surface area contributed by atoms with Gasteiger partial charge >= 0.3 is 5.97 Å². The molecule has 0 unspecified atom stereocenters. The van der Waals surface area contributed by atoms with Gasteiger partial charge in [-0.3, -0.25) is 5.10 Å². The molecule has 0 spiro atoms. The van der Waals surface area contributed by atoms with Crippen molar-refractivity contribution in [1.29, 1.82) is 0 Å². The van der Waals surface area contributed by atoms with Crippen LogP contribution in [0.4, 0.5) is 0 Å². The Morgan fingerprint density at radius 1 is 1.26 bits per heavy atom. The Bertz CT molecular complexity index is 1110. The van der Waals surface area contributed by atoms with Crippen LogP contribution in [0.5, 0.6) is 0 Å². The van der Waals surface area contributed by atoms with E-state index in [1.807, 2.05) is 36.7 Å². The number of methoxy groups -OCH3 is 1. The monoisotopic (exact) mass is 399 g/mol. The van der Waals surface area contributed by atoms with Crippen molar-refractivity contribution < 1.29 is 9.53 Å². The van der Waals surface area contributed by atoms with Crippen molar-refractivity contribution in [3.8, 4) is 11.4 Å². The molecule has 0 radical (unpaired) electrons. The van der Waals surface area contributed by atoms with Gasteiger partial charge in [-0.1, -0.05) is 23.4 Å². The number of benzene rings is 1. The summed E-state index contributed by atoms with van der Waals surface area (Å²) < 4.78 is 6.61. The van der Waals surface area contributed by atoms with Crippen molar-refractivity contribution in [2.24, 2.45) is 0 Å². The molecular weight excluding hydrogens is 386 g/mol. The summed E-state index contributed by atoms with van der Waals surface area (Å²) >= 11 is 7.36. The van der Waals surface area contributed by atoms with Crippen LogP contribution in [0.15, 0.2) is 53.9 Å². The standard InChI is InChI=1S/C18H14ClN5O2S/c1-26-17(25)14-3-2-8-24-9-13(20-16(14)24)10-27-18-21-15(22-23-18)11-4-6-12(19)7-5-11/h2-9H,10H2,1H3,(H,21,22,23). The molecule has 0 aliphatic rings. The number of nitrogens with zero attached hydrogens (tertiary/aromatic N) is 4. The Hall–Kier alpha value is -2.84. The van der Waals surface area contributed by atoms with Gasteiger partial charge in [-0.25, -0.2) is 14.8 Å². The molecule has 0 saturated heterocycles. The minimum absolute atomic E-state index is 0.410. The zero-order valence-corrected chi connectivity index (χ0v) is 15.8. The summed E-state index contributed by atoms with van der Waals surface area (Å²) in [5, 5.41) is 8.44. The number of thioether (sulfide) groups is 1. The van der Waals surface area contributed by atoms with Crippen molar-refractivity contribution in [1.82, 2.24) is 24.6 Å². The Balaban J connectivity index is 1.51. The topological polar surface area (TPSA) is 85.2 Å². The summed E-state index contributed by atoms with van der Waals surface area (Å²) in [6, 6.07) is 10.9. The number of hydrogen-bond acceptors (Lipinski definition) is 6. The molecule has 1 aromatic carbocycles. The van der Waals surface area contributed by atoms with Gasteiger partial charge in [0.05, 0.1) is 12.8 Å². The van der Waals surface area contributed by atoms with Crippen LogP contribution in [0.25, 0.3) is 17.0 Å². The number of pyridine rings is 1. The Morgan fingerprint density at radius 3 is 2.85 bits per heavy atom. The molecule has 0 fully saturated rings. The molecule has 0 atom stereocenters. The number of aromatic nitrogens is 5. The highest BCUT2D eigenvalue weighted by Gasteiger charge is 2.14. The second-order valence-corrected chi connectivity index (χ2v) is 7.02. The summed E-state index contributed by atoms with van der Waals surface area (Å²) in [5.74, 6) is 0.837. The largest absolute Gasteiger partial charge is 0.465 e. The van der Waals surface area contributed by atoms with Crippen molar-refractivity contribution >= 4 is 35.0 Å². The third-order valence-electron chi connectivity index (χ3n) is 3.87. The van der Waals surface area contributed by atoms with Crippen molar-refractivity contribution in [2.75, 3.05) is 7.11 Å². The van der Waals surface area contributed by atoms with E-state index in [0.29, 0.717) is 33.0 Å². The van der Waals surface area contributed by atoms with Gasteiger partial charge in [0.2, 0.25) is 5.16 Å². The van der Waals surface area contributed by atoms with Gasteiger partial charge in [0, 0.05) is 28.7 Å². The molecule has 0 bridgehead atoms. The van der Waals surface area contributed by atoms with Crippen LogP contribution < -0.4 is 0 Å². The number of carbonyl (C=O) groups excluding carboxylic acids is 1. The van der Waals surface area contributed by atoms with E-state index in [-0.39, 0.29) is 0 Å². The molecule has 7 nitrogen and oxygen atoms in total. The third-order valence-corrected chi connectivity index (χ3v) is 5.00. The third kappa shape index (κ3) is 3.67. The summed E-state index contributed by atoms with van der Waals surface area (Å²) in [7, 11) is 1.35. The lowest BCUT2D eigenvalue weighted by Gasteiger charge is -2.00. The Kier molecular flexibility index (Phi) is 4.83. The molecule has 4 aromatic rings. The SMILES string of the molecule is COC(=O)c1cccn2cc(CSc3n[nH]c(-c4ccc(Cl)cc4)n3)nc12. The molecule has 1 N–H and O–H groups in total.